The van der Waals surface area contributed by atoms with E-state index in [2.05, 4.69) is 58.4 Å². The standard InChI is InChI=1S/C26H31Br3N2O5/c1-26(2,3)36-25(33)31-11-5-13-35-24-20(28)15-18(16-21(24)29)10-12-30-23(32)9-7-17-6-8-22(34-4)19(27)14-17/h6-9,14-16H,5,10-13H2,1-4H3,(H,30,32)(H,31,33)/b9-7+. The maximum atomic E-state index is 12.2. The molecule has 7 nitrogen and oxygen atoms in total. The molecule has 0 radical (unpaired) electrons. The highest BCUT2D eigenvalue weighted by Gasteiger charge is 2.15. The second-order valence-corrected chi connectivity index (χ2v) is 11.4. The minimum atomic E-state index is -0.521. The molecule has 0 saturated carbocycles. The van der Waals surface area contributed by atoms with Crippen molar-refractivity contribution in [3.05, 3.63) is 61.0 Å². The zero-order valence-electron chi connectivity index (χ0n) is 20.8. The highest BCUT2D eigenvalue weighted by atomic mass is 79.9. The zero-order chi connectivity index (χ0) is 26.7. The van der Waals surface area contributed by atoms with E-state index in [-0.39, 0.29) is 5.91 Å². The number of nitrogens with one attached hydrogen (secondary N) is 2. The maximum Gasteiger partial charge on any atom is 0.407 e. The summed E-state index contributed by atoms with van der Waals surface area (Å²) in [4.78, 5) is 23.9. The fraction of sp³-hybridized carbons (Fsp3) is 0.385. The van der Waals surface area contributed by atoms with Crippen molar-refractivity contribution in [3.63, 3.8) is 0 Å². The first kappa shape index (κ1) is 30.2. The van der Waals surface area contributed by atoms with Gasteiger partial charge in [-0.25, -0.2) is 4.79 Å². The highest BCUT2D eigenvalue weighted by molar-refractivity contribution is 9.11. The number of amides is 2. The smallest absolute Gasteiger partial charge is 0.407 e. The first-order chi connectivity index (χ1) is 17.0. The second kappa shape index (κ2) is 14.6. The number of halogens is 3. The van der Waals surface area contributed by atoms with Crippen molar-refractivity contribution in [1.82, 2.24) is 10.6 Å². The molecular formula is C26H31Br3N2O5. The molecule has 0 heterocycles. The molecule has 0 unspecified atom stereocenters. The third kappa shape index (κ3) is 10.9. The molecule has 36 heavy (non-hydrogen) atoms. The quantitative estimate of drug-likeness (QED) is 0.204. The largest absolute Gasteiger partial charge is 0.496 e. The van der Waals surface area contributed by atoms with Crippen LogP contribution < -0.4 is 20.1 Å². The van der Waals surface area contributed by atoms with E-state index in [9.17, 15) is 9.59 Å². The van der Waals surface area contributed by atoms with Gasteiger partial charge < -0.3 is 24.8 Å². The number of rotatable bonds is 11. The van der Waals surface area contributed by atoms with Crippen molar-refractivity contribution < 1.29 is 23.8 Å². The van der Waals surface area contributed by atoms with Crippen LogP contribution in [0, 0.1) is 0 Å². The van der Waals surface area contributed by atoms with Gasteiger partial charge in [0.05, 0.1) is 27.1 Å². The Bertz CT molecular complexity index is 1060. The summed E-state index contributed by atoms with van der Waals surface area (Å²) in [5.41, 5.74) is 1.41. The van der Waals surface area contributed by atoms with Gasteiger partial charge in [-0.1, -0.05) is 6.07 Å². The van der Waals surface area contributed by atoms with E-state index in [1.807, 2.05) is 51.1 Å². The van der Waals surface area contributed by atoms with Gasteiger partial charge in [-0.2, -0.15) is 0 Å². The minimum Gasteiger partial charge on any atom is -0.496 e. The van der Waals surface area contributed by atoms with Crippen molar-refractivity contribution in [2.75, 3.05) is 26.8 Å². The van der Waals surface area contributed by atoms with Crippen LogP contribution in [0.3, 0.4) is 0 Å². The molecule has 2 aromatic rings. The average Bonchev–Trinajstić information content (AvgIpc) is 2.78. The van der Waals surface area contributed by atoms with E-state index in [0.29, 0.717) is 38.3 Å². The molecule has 0 fully saturated rings. The van der Waals surface area contributed by atoms with Gasteiger partial charge in [-0.3, -0.25) is 4.79 Å². The fourth-order valence-corrected chi connectivity index (χ4v) is 5.06. The Labute approximate surface area is 237 Å². The van der Waals surface area contributed by atoms with Crippen LogP contribution in [0.25, 0.3) is 6.08 Å². The molecular weight excluding hydrogens is 660 g/mol. The summed E-state index contributed by atoms with van der Waals surface area (Å²) in [7, 11) is 1.61. The van der Waals surface area contributed by atoms with E-state index >= 15 is 0 Å². The molecule has 0 saturated heterocycles. The molecule has 0 spiro atoms. The van der Waals surface area contributed by atoms with Crippen molar-refractivity contribution in [1.29, 1.82) is 0 Å². The Morgan fingerprint density at radius 2 is 1.67 bits per heavy atom. The summed E-state index contributed by atoms with van der Waals surface area (Å²) in [6.07, 6.45) is 4.11. The summed E-state index contributed by atoms with van der Waals surface area (Å²) < 4.78 is 18.7. The van der Waals surface area contributed by atoms with E-state index < -0.39 is 11.7 Å². The van der Waals surface area contributed by atoms with Crippen LogP contribution in [0.1, 0.15) is 38.3 Å². The predicted octanol–water partition coefficient (Wildman–Crippen LogP) is 6.65. The number of carbonyl (C=O) groups excluding carboxylic acids is 2. The lowest BCUT2D eigenvalue weighted by atomic mass is 10.1. The summed E-state index contributed by atoms with van der Waals surface area (Å²) in [6, 6.07) is 9.54. The highest BCUT2D eigenvalue weighted by Crippen LogP contribution is 2.35. The molecule has 2 aromatic carbocycles. The summed E-state index contributed by atoms with van der Waals surface area (Å²) in [6.45, 7) is 6.84. The Kier molecular flexibility index (Phi) is 12.3. The number of methoxy groups -OCH3 is 1. The molecule has 0 aromatic heterocycles. The molecule has 0 aliphatic rings. The Hall–Kier alpha value is -2.04. The number of carbonyl (C=O) groups is 2. The van der Waals surface area contributed by atoms with Crippen molar-refractivity contribution in [3.8, 4) is 11.5 Å². The van der Waals surface area contributed by atoms with Crippen LogP contribution in [-0.2, 0) is 16.0 Å². The van der Waals surface area contributed by atoms with Crippen molar-refractivity contribution >= 4 is 65.9 Å². The number of ether oxygens (including phenoxy) is 3. The normalized spacial score (nSPS) is 11.3. The lowest BCUT2D eigenvalue weighted by molar-refractivity contribution is -0.116. The van der Waals surface area contributed by atoms with Gasteiger partial charge in [-0.05, 0) is 123 Å². The molecule has 2 rings (SSSR count). The first-order valence-electron chi connectivity index (χ1n) is 11.4. The lowest BCUT2D eigenvalue weighted by Gasteiger charge is -2.19. The van der Waals surface area contributed by atoms with E-state index in [1.54, 1.807) is 13.2 Å². The first-order valence-corrected chi connectivity index (χ1v) is 13.7. The van der Waals surface area contributed by atoms with Gasteiger partial charge in [-0.15, -0.1) is 0 Å². The average molecular weight is 691 g/mol. The molecule has 0 aliphatic heterocycles. The third-order valence-corrected chi connectivity index (χ3v) is 6.41. The lowest BCUT2D eigenvalue weighted by Crippen LogP contribution is -2.33. The number of hydrogen-bond acceptors (Lipinski definition) is 5. The van der Waals surface area contributed by atoms with Gasteiger partial charge >= 0.3 is 6.09 Å². The Morgan fingerprint density at radius 3 is 2.28 bits per heavy atom. The topological polar surface area (TPSA) is 85.9 Å². The summed E-state index contributed by atoms with van der Waals surface area (Å²) >= 11 is 10.5. The van der Waals surface area contributed by atoms with Crippen LogP contribution in [0.5, 0.6) is 11.5 Å². The van der Waals surface area contributed by atoms with Crippen LogP contribution in [0.2, 0.25) is 0 Å². The number of benzene rings is 2. The van der Waals surface area contributed by atoms with Crippen LogP contribution >= 0.6 is 47.8 Å². The monoisotopic (exact) mass is 688 g/mol. The van der Waals surface area contributed by atoms with Crippen LogP contribution in [0.15, 0.2) is 49.8 Å². The van der Waals surface area contributed by atoms with Crippen LogP contribution in [-0.4, -0.2) is 44.4 Å². The molecule has 196 valence electrons. The summed E-state index contributed by atoms with van der Waals surface area (Å²) in [5, 5.41) is 5.61. The van der Waals surface area contributed by atoms with Gasteiger partial charge in [0.25, 0.3) is 0 Å². The zero-order valence-corrected chi connectivity index (χ0v) is 25.5. The van der Waals surface area contributed by atoms with Crippen molar-refractivity contribution in [2.24, 2.45) is 0 Å². The van der Waals surface area contributed by atoms with Gasteiger partial charge in [0.1, 0.15) is 17.1 Å². The molecule has 0 bridgehead atoms. The predicted molar refractivity (Wildman–Crippen MR) is 153 cm³/mol. The van der Waals surface area contributed by atoms with E-state index in [0.717, 1.165) is 30.3 Å². The maximum absolute atomic E-state index is 12.2. The van der Waals surface area contributed by atoms with Gasteiger partial charge in [0.2, 0.25) is 5.91 Å². The van der Waals surface area contributed by atoms with E-state index in [4.69, 9.17) is 14.2 Å². The molecule has 0 aliphatic carbocycles. The second-order valence-electron chi connectivity index (χ2n) is 8.79. The van der Waals surface area contributed by atoms with Crippen molar-refractivity contribution in [2.45, 2.75) is 39.2 Å². The minimum absolute atomic E-state index is 0.167. The fourth-order valence-electron chi connectivity index (χ4n) is 2.99. The number of hydrogen-bond donors (Lipinski definition) is 2. The summed E-state index contributed by atoms with van der Waals surface area (Å²) in [5.74, 6) is 1.26. The van der Waals surface area contributed by atoms with Gasteiger partial charge in [0.15, 0.2) is 0 Å². The molecule has 0 atom stereocenters. The van der Waals surface area contributed by atoms with Crippen LogP contribution in [0.4, 0.5) is 4.79 Å². The van der Waals surface area contributed by atoms with Gasteiger partial charge in [0, 0.05) is 19.2 Å². The SMILES string of the molecule is COc1ccc(/C=C/C(=O)NCCc2cc(Br)c(OCCCNC(=O)OC(C)(C)C)c(Br)c2)cc1Br. The molecule has 2 amide bonds. The number of alkyl carbamates (subject to hydrolysis) is 1. The molecule has 10 heteroatoms. The molecule has 2 N–H and O–H groups in total. The Morgan fingerprint density at radius 1 is 0.972 bits per heavy atom. The third-order valence-electron chi connectivity index (χ3n) is 4.61. The van der Waals surface area contributed by atoms with E-state index in [1.165, 1.54) is 6.08 Å². The Balaban J connectivity index is 1.76.